The molecule has 0 saturated carbocycles. The number of nitrogens with one attached hydrogen (secondary N) is 2. The van der Waals surface area contributed by atoms with E-state index < -0.39 is 22.3 Å². The highest BCUT2D eigenvalue weighted by atomic mass is 19.1. The largest absolute Gasteiger partial charge is 0.318 e. The number of halogens is 1. The van der Waals surface area contributed by atoms with Crippen LogP contribution in [0.1, 0.15) is 17.2 Å². The van der Waals surface area contributed by atoms with Gasteiger partial charge in [0.05, 0.1) is 10.6 Å². The summed E-state index contributed by atoms with van der Waals surface area (Å²) in [6.45, 7) is 0. The van der Waals surface area contributed by atoms with Crippen molar-refractivity contribution in [3.63, 3.8) is 0 Å². The molecule has 0 radical (unpaired) electrons. The average molecular weight is 406 g/mol. The number of benzene rings is 2. The van der Waals surface area contributed by atoms with Crippen molar-refractivity contribution in [2.75, 3.05) is 5.32 Å². The quantitative estimate of drug-likeness (QED) is 0.343. The minimum absolute atomic E-state index is 0.0837. The van der Waals surface area contributed by atoms with Gasteiger partial charge in [-0.3, -0.25) is 14.9 Å². The van der Waals surface area contributed by atoms with E-state index in [0.717, 1.165) is 0 Å². The van der Waals surface area contributed by atoms with E-state index in [1.54, 1.807) is 12.1 Å². The lowest BCUT2D eigenvalue weighted by Crippen LogP contribution is -2.29. The molecule has 2 aromatic carbocycles. The summed E-state index contributed by atoms with van der Waals surface area (Å²) < 4.78 is 15.4. The zero-order chi connectivity index (χ0) is 20.8. The average Bonchev–Trinajstić information content (AvgIpc) is 3.21. The molecule has 0 unspecified atom stereocenters. The summed E-state index contributed by atoms with van der Waals surface area (Å²) >= 11 is 0. The molecule has 2 N–H and O–H groups in total. The van der Waals surface area contributed by atoms with Gasteiger partial charge >= 0.3 is 0 Å². The number of rotatable bonds is 3. The second-order valence-corrected chi connectivity index (χ2v) is 6.52. The zero-order valence-electron chi connectivity index (χ0n) is 15.0. The minimum atomic E-state index is -0.748. The van der Waals surface area contributed by atoms with Crippen LogP contribution in [0.15, 0.2) is 53.3 Å². The van der Waals surface area contributed by atoms with Crippen molar-refractivity contribution in [2.24, 2.45) is 0 Å². The maximum Gasteiger partial charge on any atom is 0.288 e. The van der Waals surface area contributed by atoms with Gasteiger partial charge < -0.3 is 5.32 Å². The number of hydrogen-bond acceptors (Lipinski definition) is 8. The van der Waals surface area contributed by atoms with Crippen LogP contribution in [0.3, 0.4) is 0 Å². The van der Waals surface area contributed by atoms with Crippen molar-refractivity contribution in [1.82, 2.24) is 30.4 Å². The van der Waals surface area contributed by atoms with Crippen LogP contribution in [-0.4, -0.2) is 35.3 Å². The summed E-state index contributed by atoms with van der Waals surface area (Å²) in [7, 11) is 0. The van der Waals surface area contributed by atoms with E-state index in [4.69, 9.17) is 0 Å². The Kier molecular flexibility index (Phi) is 3.84. The van der Waals surface area contributed by atoms with Gasteiger partial charge in [0.2, 0.25) is 5.95 Å². The Morgan fingerprint density at radius 1 is 1.17 bits per heavy atom. The van der Waals surface area contributed by atoms with Crippen LogP contribution < -0.4 is 10.9 Å². The number of tetrazole rings is 1. The third kappa shape index (κ3) is 2.70. The van der Waals surface area contributed by atoms with E-state index in [-0.39, 0.29) is 17.3 Å². The number of aromatic nitrogens is 6. The maximum absolute atomic E-state index is 14.0. The number of aromatic amines is 1. The number of H-pyrrole nitrogens is 1. The SMILES string of the molecule is O=c1[nH]nc(-c2ccc([N+](=O)[O-])cc2)c2c1Nc1nnnn1[C@@H]2c1cccc(F)c1. The summed E-state index contributed by atoms with van der Waals surface area (Å²) in [5, 5.41) is 32.0. The number of anilines is 2. The number of hydrogen-bond donors (Lipinski definition) is 2. The Balaban J connectivity index is 1.78. The number of non-ortho nitro benzene ring substituents is 1. The Morgan fingerprint density at radius 2 is 1.97 bits per heavy atom. The highest BCUT2D eigenvalue weighted by Crippen LogP contribution is 2.41. The maximum atomic E-state index is 14.0. The topological polar surface area (TPSA) is 145 Å². The summed E-state index contributed by atoms with van der Waals surface area (Å²) in [5.41, 5.74) is 1.36. The van der Waals surface area contributed by atoms with Crippen molar-refractivity contribution in [3.8, 4) is 11.3 Å². The molecule has 148 valence electrons. The molecule has 1 aliphatic heterocycles. The lowest BCUT2D eigenvalue weighted by atomic mass is 9.92. The summed E-state index contributed by atoms with van der Waals surface area (Å²) in [5.74, 6) is -0.250. The second kappa shape index (κ2) is 6.55. The molecule has 5 rings (SSSR count). The van der Waals surface area contributed by atoms with Gasteiger partial charge in [0.1, 0.15) is 17.5 Å². The van der Waals surface area contributed by atoms with Crippen molar-refractivity contribution in [1.29, 1.82) is 0 Å². The molecular formula is C18H11FN8O3. The molecule has 0 fully saturated rings. The Bertz CT molecular complexity index is 1350. The van der Waals surface area contributed by atoms with E-state index >= 15 is 0 Å². The standard InChI is InChI=1S/C18H11FN8O3/c19-11-3-1-2-10(8-11)16-13-14(9-4-6-12(7-5-9)27(29)30)21-22-17(28)15(13)20-18-23-24-25-26(16)18/h1-8,16H,(H,22,28)(H,20,23,25)/t16-/m1/s1. The van der Waals surface area contributed by atoms with Crippen LogP contribution in [0.2, 0.25) is 0 Å². The molecule has 12 heteroatoms. The predicted octanol–water partition coefficient (Wildman–Crippen LogP) is 2.17. The number of fused-ring (bicyclic) bond motifs is 2. The van der Waals surface area contributed by atoms with Gasteiger partial charge in [0.25, 0.3) is 11.2 Å². The van der Waals surface area contributed by atoms with Crippen LogP contribution in [-0.2, 0) is 0 Å². The van der Waals surface area contributed by atoms with E-state index in [9.17, 15) is 19.3 Å². The summed E-state index contributed by atoms with van der Waals surface area (Å²) in [4.78, 5) is 23.0. The number of nitro groups is 1. The van der Waals surface area contributed by atoms with Gasteiger partial charge in [-0.15, -0.1) is 0 Å². The first-order chi connectivity index (χ1) is 14.5. The molecule has 30 heavy (non-hydrogen) atoms. The van der Waals surface area contributed by atoms with Crippen LogP contribution in [0.4, 0.5) is 21.7 Å². The van der Waals surface area contributed by atoms with Crippen LogP contribution in [0.5, 0.6) is 0 Å². The van der Waals surface area contributed by atoms with Gasteiger partial charge in [-0.1, -0.05) is 17.2 Å². The van der Waals surface area contributed by atoms with Crippen molar-refractivity contribution >= 4 is 17.3 Å². The lowest BCUT2D eigenvalue weighted by molar-refractivity contribution is -0.384. The second-order valence-electron chi connectivity index (χ2n) is 6.52. The van der Waals surface area contributed by atoms with E-state index in [1.165, 1.54) is 41.1 Å². The molecule has 0 saturated heterocycles. The molecule has 0 aliphatic carbocycles. The van der Waals surface area contributed by atoms with E-state index in [0.29, 0.717) is 22.4 Å². The summed E-state index contributed by atoms with van der Waals surface area (Å²) in [6.07, 6.45) is 0. The fourth-order valence-corrected chi connectivity index (χ4v) is 3.48. The minimum Gasteiger partial charge on any atom is -0.318 e. The van der Waals surface area contributed by atoms with Gasteiger partial charge in [-0.05, 0) is 40.3 Å². The monoisotopic (exact) mass is 406 g/mol. The van der Waals surface area contributed by atoms with Gasteiger partial charge in [-0.25, -0.2) is 9.49 Å². The fourth-order valence-electron chi connectivity index (χ4n) is 3.48. The Hall–Kier alpha value is -4.48. The number of nitrogens with zero attached hydrogens (tertiary/aromatic N) is 6. The normalized spacial score (nSPS) is 14.5. The van der Waals surface area contributed by atoms with Gasteiger partial charge in [0, 0.05) is 23.3 Å². The molecule has 1 aliphatic rings. The molecule has 2 aromatic heterocycles. The van der Waals surface area contributed by atoms with Crippen LogP contribution in [0, 0.1) is 15.9 Å². The molecule has 3 heterocycles. The lowest BCUT2D eigenvalue weighted by Gasteiger charge is -2.27. The predicted molar refractivity (Wildman–Crippen MR) is 102 cm³/mol. The first-order valence-corrected chi connectivity index (χ1v) is 8.70. The van der Waals surface area contributed by atoms with Crippen LogP contribution in [0.25, 0.3) is 11.3 Å². The van der Waals surface area contributed by atoms with E-state index in [1.807, 2.05) is 0 Å². The van der Waals surface area contributed by atoms with Crippen molar-refractivity contribution in [2.45, 2.75) is 6.04 Å². The first-order valence-electron chi connectivity index (χ1n) is 8.70. The number of nitro benzene ring substituents is 1. The molecule has 0 bridgehead atoms. The van der Waals surface area contributed by atoms with Crippen LogP contribution >= 0.6 is 0 Å². The van der Waals surface area contributed by atoms with E-state index in [2.05, 4.69) is 31.0 Å². The molecular weight excluding hydrogens is 395 g/mol. The Labute approximate surface area is 166 Å². The molecule has 4 aromatic rings. The fraction of sp³-hybridized carbons (Fsp3) is 0.0556. The third-order valence-corrected chi connectivity index (χ3v) is 4.78. The van der Waals surface area contributed by atoms with Gasteiger partial charge in [-0.2, -0.15) is 9.78 Å². The smallest absolute Gasteiger partial charge is 0.288 e. The zero-order valence-corrected chi connectivity index (χ0v) is 15.0. The highest BCUT2D eigenvalue weighted by Gasteiger charge is 2.34. The van der Waals surface area contributed by atoms with Gasteiger partial charge in [0.15, 0.2) is 0 Å². The van der Waals surface area contributed by atoms with Crippen molar-refractivity contribution < 1.29 is 9.31 Å². The Morgan fingerprint density at radius 3 is 2.70 bits per heavy atom. The highest BCUT2D eigenvalue weighted by molar-refractivity contribution is 5.75. The molecule has 1 atom stereocenters. The summed E-state index contributed by atoms with van der Waals surface area (Å²) in [6, 6.07) is 10.8. The van der Waals surface area contributed by atoms with Crippen molar-refractivity contribution in [3.05, 3.63) is 85.9 Å². The molecule has 11 nitrogen and oxygen atoms in total. The first kappa shape index (κ1) is 17.6. The third-order valence-electron chi connectivity index (χ3n) is 4.78. The molecule has 0 amide bonds. The molecule has 0 spiro atoms.